The largest absolute Gasteiger partial charge is 0.356 e. The zero-order valence-electron chi connectivity index (χ0n) is 8.66. The van der Waals surface area contributed by atoms with Crippen LogP contribution in [0.1, 0.15) is 16.7 Å². The molecule has 0 spiro atoms. The average molecular weight is 187 g/mol. The highest BCUT2D eigenvalue weighted by molar-refractivity contribution is 5.63. The summed E-state index contributed by atoms with van der Waals surface area (Å²) in [4.78, 5) is 0. The van der Waals surface area contributed by atoms with Gasteiger partial charge in [-0.1, -0.05) is 11.2 Å². The van der Waals surface area contributed by atoms with Crippen molar-refractivity contribution in [2.24, 2.45) is 0 Å². The molecule has 0 fully saturated rings. The van der Waals surface area contributed by atoms with Crippen LogP contribution in [-0.2, 0) is 0 Å². The molecule has 0 N–H and O–H groups in total. The van der Waals surface area contributed by atoms with Gasteiger partial charge in [-0.05, 0) is 43.5 Å². The van der Waals surface area contributed by atoms with Crippen LogP contribution < -0.4 is 0 Å². The number of nitrogens with zero attached hydrogens (tertiary/aromatic N) is 1. The minimum Gasteiger partial charge on any atom is -0.356 e. The Kier molecular flexibility index (Phi) is 2.12. The van der Waals surface area contributed by atoms with Crippen molar-refractivity contribution in [3.8, 4) is 11.3 Å². The SMILES string of the molecule is Cc1cc(C)c(-c2ccno2)cc1C. The standard InChI is InChI=1S/C12H13NO/c1-8-6-10(3)11(7-9(8)2)12-4-5-13-14-12/h4-7H,1-3H3. The number of hydrogen-bond donors (Lipinski definition) is 0. The van der Waals surface area contributed by atoms with Gasteiger partial charge in [-0.15, -0.1) is 0 Å². The summed E-state index contributed by atoms with van der Waals surface area (Å²) >= 11 is 0. The van der Waals surface area contributed by atoms with E-state index in [0.717, 1.165) is 11.3 Å². The summed E-state index contributed by atoms with van der Waals surface area (Å²) < 4.78 is 5.15. The maximum Gasteiger partial charge on any atom is 0.167 e. The third kappa shape index (κ3) is 1.43. The highest BCUT2D eigenvalue weighted by Gasteiger charge is 2.06. The van der Waals surface area contributed by atoms with Crippen molar-refractivity contribution in [2.45, 2.75) is 20.8 Å². The molecule has 0 aliphatic heterocycles. The van der Waals surface area contributed by atoms with Gasteiger partial charge < -0.3 is 4.52 Å². The fourth-order valence-corrected chi connectivity index (χ4v) is 1.58. The predicted molar refractivity (Wildman–Crippen MR) is 56.2 cm³/mol. The van der Waals surface area contributed by atoms with E-state index in [4.69, 9.17) is 4.52 Å². The Balaban J connectivity index is 2.60. The minimum absolute atomic E-state index is 0.839. The summed E-state index contributed by atoms with van der Waals surface area (Å²) in [5.41, 5.74) is 4.95. The predicted octanol–water partition coefficient (Wildman–Crippen LogP) is 3.27. The number of benzene rings is 1. The van der Waals surface area contributed by atoms with Crippen molar-refractivity contribution < 1.29 is 4.52 Å². The van der Waals surface area contributed by atoms with Crippen LogP contribution in [-0.4, -0.2) is 5.16 Å². The molecule has 0 aliphatic rings. The molecule has 0 saturated heterocycles. The Morgan fingerprint density at radius 2 is 1.71 bits per heavy atom. The van der Waals surface area contributed by atoms with Gasteiger partial charge in [0.1, 0.15) is 0 Å². The monoisotopic (exact) mass is 187 g/mol. The van der Waals surface area contributed by atoms with Crippen molar-refractivity contribution in [1.82, 2.24) is 5.16 Å². The molecule has 0 saturated carbocycles. The van der Waals surface area contributed by atoms with E-state index >= 15 is 0 Å². The molecule has 0 unspecified atom stereocenters. The molecular weight excluding hydrogens is 174 g/mol. The van der Waals surface area contributed by atoms with E-state index in [0.29, 0.717) is 0 Å². The summed E-state index contributed by atoms with van der Waals surface area (Å²) in [6.45, 7) is 6.31. The molecule has 1 aromatic heterocycles. The molecule has 2 heteroatoms. The summed E-state index contributed by atoms with van der Waals surface area (Å²) in [7, 11) is 0. The van der Waals surface area contributed by atoms with Gasteiger partial charge in [0.05, 0.1) is 6.20 Å². The molecule has 0 aliphatic carbocycles. The van der Waals surface area contributed by atoms with E-state index in [1.807, 2.05) is 6.07 Å². The first-order valence-corrected chi connectivity index (χ1v) is 4.67. The van der Waals surface area contributed by atoms with Crippen LogP contribution in [0.3, 0.4) is 0 Å². The van der Waals surface area contributed by atoms with E-state index < -0.39 is 0 Å². The maximum atomic E-state index is 5.15. The van der Waals surface area contributed by atoms with Crippen LogP contribution in [0, 0.1) is 20.8 Å². The van der Waals surface area contributed by atoms with Gasteiger partial charge in [0.2, 0.25) is 0 Å². The highest BCUT2D eigenvalue weighted by Crippen LogP contribution is 2.25. The molecule has 2 aromatic rings. The van der Waals surface area contributed by atoms with Crippen molar-refractivity contribution in [1.29, 1.82) is 0 Å². The van der Waals surface area contributed by atoms with Gasteiger partial charge in [0.25, 0.3) is 0 Å². The summed E-state index contributed by atoms with van der Waals surface area (Å²) in [5.74, 6) is 0.839. The lowest BCUT2D eigenvalue weighted by molar-refractivity contribution is 0.432. The quantitative estimate of drug-likeness (QED) is 0.684. The molecule has 1 aromatic carbocycles. The first kappa shape index (κ1) is 9.00. The van der Waals surface area contributed by atoms with Crippen LogP contribution in [0.15, 0.2) is 28.9 Å². The van der Waals surface area contributed by atoms with Crippen LogP contribution in [0.4, 0.5) is 0 Å². The Morgan fingerprint density at radius 1 is 1.00 bits per heavy atom. The van der Waals surface area contributed by atoms with Crippen LogP contribution in [0.25, 0.3) is 11.3 Å². The van der Waals surface area contributed by atoms with Crippen LogP contribution in [0.5, 0.6) is 0 Å². The van der Waals surface area contributed by atoms with Crippen LogP contribution in [0.2, 0.25) is 0 Å². The Bertz CT molecular complexity index is 444. The summed E-state index contributed by atoms with van der Waals surface area (Å²) in [6.07, 6.45) is 1.67. The third-order valence-corrected chi connectivity index (χ3v) is 2.54. The lowest BCUT2D eigenvalue weighted by Gasteiger charge is -2.06. The maximum absolute atomic E-state index is 5.15. The van der Waals surface area contributed by atoms with E-state index in [-0.39, 0.29) is 0 Å². The zero-order chi connectivity index (χ0) is 10.1. The molecule has 0 bridgehead atoms. The van der Waals surface area contributed by atoms with E-state index in [9.17, 15) is 0 Å². The normalized spacial score (nSPS) is 10.5. The molecule has 2 rings (SSSR count). The fourth-order valence-electron chi connectivity index (χ4n) is 1.58. The van der Waals surface area contributed by atoms with Crippen LogP contribution >= 0.6 is 0 Å². The van der Waals surface area contributed by atoms with Gasteiger partial charge in [0, 0.05) is 11.6 Å². The number of rotatable bonds is 1. The number of aryl methyl sites for hydroxylation is 3. The average Bonchev–Trinajstić information content (AvgIpc) is 2.64. The first-order valence-electron chi connectivity index (χ1n) is 4.67. The lowest BCUT2D eigenvalue weighted by atomic mass is 9.99. The first-order chi connectivity index (χ1) is 6.68. The molecule has 14 heavy (non-hydrogen) atoms. The molecule has 0 amide bonds. The molecule has 0 radical (unpaired) electrons. The number of hydrogen-bond acceptors (Lipinski definition) is 2. The topological polar surface area (TPSA) is 26.0 Å². The highest BCUT2D eigenvalue weighted by atomic mass is 16.5. The zero-order valence-corrected chi connectivity index (χ0v) is 8.66. The van der Waals surface area contributed by atoms with Crippen molar-refractivity contribution in [2.75, 3.05) is 0 Å². The van der Waals surface area contributed by atoms with E-state index in [2.05, 4.69) is 38.1 Å². The molecule has 0 atom stereocenters. The smallest absolute Gasteiger partial charge is 0.167 e. The summed E-state index contributed by atoms with van der Waals surface area (Å²) in [5, 5.41) is 3.72. The summed E-state index contributed by atoms with van der Waals surface area (Å²) in [6, 6.07) is 6.20. The van der Waals surface area contributed by atoms with Gasteiger partial charge >= 0.3 is 0 Å². The molecular formula is C12H13NO. The van der Waals surface area contributed by atoms with Gasteiger partial charge in [0.15, 0.2) is 5.76 Å². The van der Waals surface area contributed by atoms with Crippen molar-refractivity contribution in [3.05, 3.63) is 41.1 Å². The number of aromatic nitrogens is 1. The van der Waals surface area contributed by atoms with Crippen molar-refractivity contribution >= 4 is 0 Å². The van der Waals surface area contributed by atoms with E-state index in [1.54, 1.807) is 6.20 Å². The molecule has 72 valence electrons. The van der Waals surface area contributed by atoms with Crippen molar-refractivity contribution in [3.63, 3.8) is 0 Å². The van der Waals surface area contributed by atoms with Gasteiger partial charge in [-0.25, -0.2) is 0 Å². The Labute approximate surface area is 83.5 Å². The van der Waals surface area contributed by atoms with Gasteiger partial charge in [-0.2, -0.15) is 0 Å². The third-order valence-electron chi connectivity index (χ3n) is 2.54. The molecule has 1 heterocycles. The second-order valence-electron chi connectivity index (χ2n) is 3.63. The minimum atomic E-state index is 0.839. The Hall–Kier alpha value is -1.57. The Morgan fingerprint density at radius 3 is 2.36 bits per heavy atom. The molecule has 2 nitrogen and oxygen atoms in total. The second-order valence-corrected chi connectivity index (χ2v) is 3.63. The lowest BCUT2D eigenvalue weighted by Crippen LogP contribution is -1.87. The second kappa shape index (κ2) is 3.29. The van der Waals surface area contributed by atoms with Gasteiger partial charge in [-0.3, -0.25) is 0 Å². The fraction of sp³-hybridized carbons (Fsp3) is 0.250. The van der Waals surface area contributed by atoms with E-state index in [1.165, 1.54) is 16.7 Å².